The number of rotatable bonds is 13. The summed E-state index contributed by atoms with van der Waals surface area (Å²) in [5, 5.41) is 11.4. The number of aromatic hydroxyl groups is 1. The maximum atomic E-state index is 13.5. The lowest BCUT2D eigenvalue weighted by Crippen LogP contribution is -2.23. The number of para-hydroxylation sites is 1. The highest BCUT2D eigenvalue weighted by molar-refractivity contribution is 5.94. The van der Waals surface area contributed by atoms with E-state index in [1.54, 1.807) is 12.1 Å². The normalized spacial score (nSPS) is 12.1. The molecule has 0 aliphatic rings. The molecule has 2 rings (SSSR count). The van der Waals surface area contributed by atoms with Gasteiger partial charge in [-0.05, 0) is 47.4 Å². The zero-order valence-corrected chi connectivity index (χ0v) is 24.0. The van der Waals surface area contributed by atoms with Crippen LogP contribution in [0.2, 0.25) is 0 Å². The van der Waals surface area contributed by atoms with Crippen molar-refractivity contribution in [1.29, 1.82) is 0 Å². The summed E-state index contributed by atoms with van der Waals surface area (Å²) >= 11 is 0. The fourth-order valence-electron chi connectivity index (χ4n) is 4.97. The Labute approximate surface area is 220 Å². The third-order valence-electron chi connectivity index (χ3n) is 6.92. The maximum absolute atomic E-state index is 13.5. The Hall–Kier alpha value is -2.29. The van der Waals surface area contributed by atoms with Crippen LogP contribution in [0.3, 0.4) is 0 Å². The van der Waals surface area contributed by atoms with Crippen LogP contribution < -0.4 is 4.74 Å². The van der Waals surface area contributed by atoms with Crippen LogP contribution in [0.4, 0.5) is 0 Å². The zero-order valence-electron chi connectivity index (χ0n) is 24.0. The van der Waals surface area contributed by atoms with E-state index in [4.69, 9.17) is 4.74 Å². The van der Waals surface area contributed by atoms with Crippen molar-refractivity contribution in [2.45, 2.75) is 130 Å². The Morgan fingerprint density at radius 1 is 0.778 bits per heavy atom. The lowest BCUT2D eigenvalue weighted by molar-refractivity contribution is 0.0733. The molecule has 200 valence electrons. The first-order chi connectivity index (χ1) is 17.0. The number of carbonyl (C=O) groups excluding carboxylic acids is 1. The quantitative estimate of drug-likeness (QED) is 0.171. The van der Waals surface area contributed by atoms with Crippen molar-refractivity contribution >= 4 is 5.97 Å². The third kappa shape index (κ3) is 8.98. The molecule has 0 saturated carbocycles. The number of hydrogen-bond donors (Lipinski definition) is 1. The van der Waals surface area contributed by atoms with Gasteiger partial charge in [0, 0.05) is 11.1 Å². The van der Waals surface area contributed by atoms with Gasteiger partial charge in [0.05, 0.1) is 5.56 Å². The summed E-state index contributed by atoms with van der Waals surface area (Å²) in [6, 6.07) is 11.1. The van der Waals surface area contributed by atoms with Crippen LogP contribution in [0.25, 0.3) is 0 Å². The topological polar surface area (TPSA) is 46.5 Å². The van der Waals surface area contributed by atoms with E-state index in [9.17, 15) is 9.90 Å². The molecular formula is C33H50O3. The van der Waals surface area contributed by atoms with Crippen molar-refractivity contribution in [1.82, 2.24) is 0 Å². The molecule has 0 unspecified atom stereocenters. The molecule has 0 spiro atoms. The number of ether oxygens (including phenoxy) is 1. The summed E-state index contributed by atoms with van der Waals surface area (Å²) in [7, 11) is 0. The molecule has 2 aromatic rings. The number of esters is 1. The van der Waals surface area contributed by atoms with E-state index in [2.05, 4.69) is 48.5 Å². The van der Waals surface area contributed by atoms with Crippen LogP contribution >= 0.6 is 0 Å². The number of hydrogen-bond acceptors (Lipinski definition) is 3. The van der Waals surface area contributed by atoms with Crippen LogP contribution in [0.5, 0.6) is 11.5 Å². The van der Waals surface area contributed by atoms with Gasteiger partial charge in [-0.3, -0.25) is 0 Å². The molecule has 0 saturated heterocycles. The molecule has 0 aliphatic heterocycles. The van der Waals surface area contributed by atoms with Crippen LogP contribution in [0.15, 0.2) is 36.4 Å². The molecule has 0 aliphatic carbocycles. The summed E-state index contributed by atoms with van der Waals surface area (Å²) in [4.78, 5) is 13.5. The number of phenols is 1. The Morgan fingerprint density at radius 2 is 1.31 bits per heavy atom. The van der Waals surface area contributed by atoms with Crippen molar-refractivity contribution in [3.05, 3.63) is 58.7 Å². The van der Waals surface area contributed by atoms with E-state index in [0.29, 0.717) is 17.1 Å². The van der Waals surface area contributed by atoms with E-state index in [1.165, 1.54) is 51.4 Å². The van der Waals surface area contributed by atoms with Crippen molar-refractivity contribution in [2.75, 3.05) is 0 Å². The Bertz CT molecular complexity index is 946. The summed E-state index contributed by atoms with van der Waals surface area (Å²) in [6.07, 6.45) is 13.4. The second-order valence-corrected chi connectivity index (χ2v) is 12.3. The van der Waals surface area contributed by atoms with E-state index in [-0.39, 0.29) is 16.8 Å². The summed E-state index contributed by atoms with van der Waals surface area (Å²) in [6.45, 7) is 14.8. The molecule has 2 aromatic carbocycles. The van der Waals surface area contributed by atoms with E-state index in [1.807, 2.05) is 24.3 Å². The highest BCUT2D eigenvalue weighted by Gasteiger charge is 2.32. The van der Waals surface area contributed by atoms with Gasteiger partial charge in [0.1, 0.15) is 11.5 Å². The summed E-state index contributed by atoms with van der Waals surface area (Å²) in [5.74, 6) is 0.516. The first kappa shape index (κ1) is 29.9. The van der Waals surface area contributed by atoms with Crippen LogP contribution in [0.1, 0.15) is 140 Å². The second-order valence-electron chi connectivity index (χ2n) is 12.3. The molecule has 0 fully saturated rings. The van der Waals surface area contributed by atoms with E-state index in [0.717, 1.165) is 36.0 Å². The van der Waals surface area contributed by atoms with Gasteiger partial charge in [0.15, 0.2) is 0 Å². The molecule has 0 amide bonds. The molecular weight excluding hydrogens is 444 g/mol. The van der Waals surface area contributed by atoms with Crippen molar-refractivity contribution < 1.29 is 14.6 Å². The highest BCUT2D eigenvalue weighted by atomic mass is 16.5. The van der Waals surface area contributed by atoms with Crippen LogP contribution in [0, 0.1) is 0 Å². The largest absolute Gasteiger partial charge is 0.507 e. The minimum Gasteiger partial charge on any atom is -0.507 e. The van der Waals surface area contributed by atoms with Gasteiger partial charge in [0.25, 0.3) is 0 Å². The average molecular weight is 495 g/mol. The standard InChI is InChI=1S/C33H50O3/c1-8-9-10-11-12-13-14-15-16-20-23-26-27(31(35)36-25-21-18-17-19-22-25)24-28(32(2,3)4)30(34)29(26)33(5,6)7/h17-19,21-22,24,34H,8-16,20,23H2,1-7H3. The van der Waals surface area contributed by atoms with Gasteiger partial charge in [0.2, 0.25) is 0 Å². The molecule has 0 atom stereocenters. The zero-order chi connectivity index (χ0) is 26.8. The fourth-order valence-corrected chi connectivity index (χ4v) is 4.97. The molecule has 1 N–H and O–H groups in total. The molecule has 3 heteroatoms. The lowest BCUT2D eigenvalue weighted by atomic mass is 9.74. The monoisotopic (exact) mass is 494 g/mol. The molecule has 3 nitrogen and oxygen atoms in total. The highest BCUT2D eigenvalue weighted by Crippen LogP contribution is 2.43. The fraction of sp³-hybridized carbons (Fsp3) is 0.606. The van der Waals surface area contributed by atoms with Gasteiger partial charge in [-0.2, -0.15) is 0 Å². The van der Waals surface area contributed by atoms with Crippen LogP contribution in [-0.4, -0.2) is 11.1 Å². The van der Waals surface area contributed by atoms with E-state index < -0.39 is 0 Å². The van der Waals surface area contributed by atoms with Crippen molar-refractivity contribution in [2.24, 2.45) is 0 Å². The van der Waals surface area contributed by atoms with Gasteiger partial charge < -0.3 is 9.84 Å². The summed E-state index contributed by atoms with van der Waals surface area (Å²) < 4.78 is 5.80. The minimum atomic E-state index is -0.348. The number of benzene rings is 2. The smallest absolute Gasteiger partial charge is 0.343 e. The molecule has 0 aromatic heterocycles. The van der Waals surface area contributed by atoms with Gasteiger partial charge in [-0.25, -0.2) is 4.79 Å². The molecule has 0 radical (unpaired) electrons. The van der Waals surface area contributed by atoms with Crippen LogP contribution in [-0.2, 0) is 17.3 Å². The van der Waals surface area contributed by atoms with Crippen molar-refractivity contribution in [3.63, 3.8) is 0 Å². The van der Waals surface area contributed by atoms with Crippen molar-refractivity contribution in [3.8, 4) is 11.5 Å². The molecule has 0 bridgehead atoms. The third-order valence-corrected chi connectivity index (χ3v) is 6.92. The predicted molar refractivity (Wildman–Crippen MR) is 152 cm³/mol. The lowest BCUT2D eigenvalue weighted by Gasteiger charge is -2.31. The SMILES string of the molecule is CCCCCCCCCCCCc1c(C(=O)Oc2ccccc2)cc(C(C)(C)C)c(O)c1C(C)(C)C. The Morgan fingerprint density at radius 3 is 1.81 bits per heavy atom. The predicted octanol–water partition coefficient (Wildman–Crippen LogP) is 9.67. The van der Waals surface area contributed by atoms with Gasteiger partial charge in [-0.1, -0.05) is 124 Å². The Balaban J connectivity index is 2.26. The maximum Gasteiger partial charge on any atom is 0.343 e. The summed E-state index contributed by atoms with van der Waals surface area (Å²) in [5.41, 5.74) is 2.59. The minimum absolute atomic E-state index is 0.304. The number of phenolic OH excluding ortho intramolecular Hbond substituents is 1. The molecule has 0 heterocycles. The average Bonchev–Trinajstić information content (AvgIpc) is 2.79. The second kappa shape index (κ2) is 13.9. The van der Waals surface area contributed by atoms with E-state index >= 15 is 0 Å². The van der Waals surface area contributed by atoms with Gasteiger partial charge in [-0.15, -0.1) is 0 Å². The Kier molecular flexibility index (Phi) is 11.5. The first-order valence-electron chi connectivity index (χ1n) is 14.1. The number of unbranched alkanes of at least 4 members (excludes halogenated alkanes) is 9. The first-order valence-corrected chi connectivity index (χ1v) is 14.1. The number of carbonyl (C=O) groups is 1. The molecule has 36 heavy (non-hydrogen) atoms. The van der Waals surface area contributed by atoms with Gasteiger partial charge >= 0.3 is 5.97 Å².